The molecule has 1 aromatic carbocycles. The van der Waals surface area contributed by atoms with E-state index >= 15 is 0 Å². The normalized spacial score (nSPS) is 10.4. The summed E-state index contributed by atoms with van der Waals surface area (Å²) >= 11 is 0. The van der Waals surface area contributed by atoms with E-state index in [4.69, 9.17) is 5.11 Å². The largest absolute Gasteiger partial charge is 0.392 e. The number of amides is 1. The molecule has 0 bridgehead atoms. The maximum atomic E-state index is 11.6. The lowest BCUT2D eigenvalue weighted by molar-refractivity contribution is -0.121. The van der Waals surface area contributed by atoms with Crippen LogP contribution in [-0.2, 0) is 24.5 Å². The third-order valence-corrected chi connectivity index (χ3v) is 2.85. The number of hydrogen-bond donors (Lipinski definition) is 2. The maximum absolute atomic E-state index is 11.6. The maximum Gasteiger partial charge on any atom is 0.222 e. The number of carbonyl (C=O) groups excluding carboxylic acids is 1. The zero-order chi connectivity index (χ0) is 13.5. The highest BCUT2D eigenvalue weighted by Crippen LogP contribution is 2.04. The fourth-order valence-corrected chi connectivity index (χ4v) is 1.70. The molecule has 0 unspecified atom stereocenters. The molecule has 5 heteroatoms. The molecular weight excluding hydrogens is 242 g/mol. The third-order valence-electron chi connectivity index (χ3n) is 2.85. The number of benzene rings is 1. The summed E-state index contributed by atoms with van der Waals surface area (Å²) in [6.07, 6.45) is 5.66. The Kier molecular flexibility index (Phi) is 4.69. The van der Waals surface area contributed by atoms with E-state index in [0.717, 1.165) is 11.1 Å². The Bertz CT molecular complexity index is 506. The smallest absolute Gasteiger partial charge is 0.222 e. The lowest BCUT2D eigenvalue weighted by atomic mass is 10.1. The Balaban J connectivity index is 1.73. The summed E-state index contributed by atoms with van der Waals surface area (Å²) in [5, 5.41) is 11.8. The standard InChI is InChI=1S/C14H17N3O2/c18-10-13-3-1-12(2-4-13)9-16-14(19)5-7-17-8-6-15-11-17/h1-4,6,8,11,18H,5,7,9-10H2,(H,16,19). The second-order valence-electron chi connectivity index (χ2n) is 4.30. The van der Waals surface area contributed by atoms with Crippen LogP contribution < -0.4 is 5.32 Å². The van der Waals surface area contributed by atoms with Gasteiger partial charge in [0.05, 0.1) is 12.9 Å². The molecule has 100 valence electrons. The van der Waals surface area contributed by atoms with Gasteiger partial charge in [-0.25, -0.2) is 4.98 Å². The first-order valence-corrected chi connectivity index (χ1v) is 6.19. The number of nitrogens with one attached hydrogen (secondary N) is 1. The number of imidazole rings is 1. The SMILES string of the molecule is O=C(CCn1ccnc1)NCc1ccc(CO)cc1. The van der Waals surface area contributed by atoms with Gasteiger partial charge in [0.25, 0.3) is 0 Å². The van der Waals surface area contributed by atoms with Gasteiger partial charge in [-0.1, -0.05) is 24.3 Å². The van der Waals surface area contributed by atoms with E-state index in [1.54, 1.807) is 12.5 Å². The van der Waals surface area contributed by atoms with Crippen molar-refractivity contribution < 1.29 is 9.90 Å². The fraction of sp³-hybridized carbons (Fsp3) is 0.286. The van der Waals surface area contributed by atoms with Crippen molar-refractivity contribution >= 4 is 5.91 Å². The zero-order valence-corrected chi connectivity index (χ0v) is 10.6. The Morgan fingerprint density at radius 3 is 2.63 bits per heavy atom. The summed E-state index contributed by atoms with van der Waals surface area (Å²) in [6.45, 7) is 1.18. The van der Waals surface area contributed by atoms with E-state index in [1.165, 1.54) is 0 Å². The van der Waals surface area contributed by atoms with Crippen molar-refractivity contribution in [1.29, 1.82) is 0 Å². The molecule has 0 fully saturated rings. The highest BCUT2D eigenvalue weighted by atomic mass is 16.3. The molecule has 19 heavy (non-hydrogen) atoms. The number of aliphatic hydroxyl groups is 1. The quantitative estimate of drug-likeness (QED) is 0.815. The van der Waals surface area contributed by atoms with Crippen LogP contribution >= 0.6 is 0 Å². The predicted molar refractivity (Wildman–Crippen MR) is 71.1 cm³/mol. The fourth-order valence-electron chi connectivity index (χ4n) is 1.70. The summed E-state index contributed by atoms with van der Waals surface area (Å²) in [6, 6.07) is 7.52. The van der Waals surface area contributed by atoms with Crippen LogP contribution in [-0.4, -0.2) is 20.6 Å². The van der Waals surface area contributed by atoms with Crippen LogP contribution in [0.4, 0.5) is 0 Å². The third kappa shape index (κ3) is 4.22. The van der Waals surface area contributed by atoms with Gasteiger partial charge < -0.3 is 15.0 Å². The Labute approximate surface area is 111 Å². The molecule has 0 atom stereocenters. The number of hydrogen-bond acceptors (Lipinski definition) is 3. The molecule has 1 amide bonds. The second kappa shape index (κ2) is 6.70. The van der Waals surface area contributed by atoms with Crippen molar-refractivity contribution in [3.05, 3.63) is 54.1 Å². The first-order valence-electron chi connectivity index (χ1n) is 6.19. The van der Waals surface area contributed by atoms with Gasteiger partial charge in [-0.3, -0.25) is 4.79 Å². The van der Waals surface area contributed by atoms with E-state index in [0.29, 0.717) is 19.5 Å². The predicted octanol–water partition coefficient (Wildman–Crippen LogP) is 1.08. The van der Waals surface area contributed by atoms with Crippen LogP contribution in [0.2, 0.25) is 0 Å². The summed E-state index contributed by atoms with van der Waals surface area (Å²) in [7, 11) is 0. The number of aryl methyl sites for hydroxylation is 1. The number of nitrogens with zero attached hydrogens (tertiary/aromatic N) is 2. The molecule has 0 radical (unpaired) electrons. The molecule has 2 rings (SSSR count). The van der Waals surface area contributed by atoms with E-state index < -0.39 is 0 Å². The highest BCUT2D eigenvalue weighted by Gasteiger charge is 2.02. The van der Waals surface area contributed by atoms with Crippen molar-refractivity contribution in [1.82, 2.24) is 14.9 Å². The van der Waals surface area contributed by atoms with Crippen molar-refractivity contribution in [3.8, 4) is 0 Å². The van der Waals surface area contributed by atoms with E-state index in [1.807, 2.05) is 35.0 Å². The van der Waals surface area contributed by atoms with Crippen molar-refractivity contribution in [3.63, 3.8) is 0 Å². The van der Waals surface area contributed by atoms with Crippen LogP contribution in [0.15, 0.2) is 43.0 Å². The summed E-state index contributed by atoms with van der Waals surface area (Å²) in [5.41, 5.74) is 1.89. The monoisotopic (exact) mass is 259 g/mol. The van der Waals surface area contributed by atoms with Crippen molar-refractivity contribution in [2.75, 3.05) is 0 Å². The molecule has 0 saturated carbocycles. The molecule has 5 nitrogen and oxygen atoms in total. The lowest BCUT2D eigenvalue weighted by Crippen LogP contribution is -2.23. The molecule has 2 N–H and O–H groups in total. The number of rotatable bonds is 6. The van der Waals surface area contributed by atoms with Crippen LogP contribution in [0.25, 0.3) is 0 Å². The molecule has 1 heterocycles. The molecule has 0 spiro atoms. The molecule has 0 saturated heterocycles. The topological polar surface area (TPSA) is 67.2 Å². The molecule has 0 aliphatic carbocycles. The highest BCUT2D eigenvalue weighted by molar-refractivity contribution is 5.75. The Hall–Kier alpha value is -2.14. The minimum atomic E-state index is 0.0138. The first kappa shape index (κ1) is 13.3. The van der Waals surface area contributed by atoms with Crippen LogP contribution in [0.1, 0.15) is 17.5 Å². The lowest BCUT2D eigenvalue weighted by Gasteiger charge is -2.06. The summed E-state index contributed by atoms with van der Waals surface area (Å²) in [5.74, 6) is 0.0138. The van der Waals surface area contributed by atoms with Gasteiger partial charge in [0.1, 0.15) is 0 Å². The molecular formula is C14H17N3O2. The van der Waals surface area contributed by atoms with Crippen LogP contribution in [0.5, 0.6) is 0 Å². The minimum absolute atomic E-state index is 0.0138. The Morgan fingerprint density at radius 1 is 1.26 bits per heavy atom. The van der Waals surface area contributed by atoms with Crippen molar-refractivity contribution in [2.45, 2.75) is 26.1 Å². The van der Waals surface area contributed by atoms with E-state index in [9.17, 15) is 4.79 Å². The summed E-state index contributed by atoms with van der Waals surface area (Å²) < 4.78 is 1.87. The van der Waals surface area contributed by atoms with Gasteiger partial charge in [-0.2, -0.15) is 0 Å². The number of aliphatic hydroxyl groups excluding tert-OH is 1. The van der Waals surface area contributed by atoms with E-state index in [2.05, 4.69) is 10.3 Å². The zero-order valence-electron chi connectivity index (χ0n) is 10.6. The average molecular weight is 259 g/mol. The molecule has 0 aliphatic heterocycles. The second-order valence-corrected chi connectivity index (χ2v) is 4.30. The van der Waals surface area contributed by atoms with E-state index in [-0.39, 0.29) is 12.5 Å². The number of carbonyl (C=O) groups is 1. The van der Waals surface area contributed by atoms with Gasteiger partial charge >= 0.3 is 0 Å². The number of aromatic nitrogens is 2. The van der Waals surface area contributed by atoms with Gasteiger partial charge in [0.15, 0.2) is 0 Å². The van der Waals surface area contributed by atoms with Crippen LogP contribution in [0.3, 0.4) is 0 Å². The summed E-state index contributed by atoms with van der Waals surface area (Å²) in [4.78, 5) is 15.6. The van der Waals surface area contributed by atoms with Crippen LogP contribution in [0, 0.1) is 0 Å². The molecule has 1 aromatic heterocycles. The molecule has 0 aliphatic rings. The molecule has 2 aromatic rings. The van der Waals surface area contributed by atoms with Gasteiger partial charge in [-0.15, -0.1) is 0 Å². The minimum Gasteiger partial charge on any atom is -0.392 e. The Morgan fingerprint density at radius 2 is 2.00 bits per heavy atom. The van der Waals surface area contributed by atoms with Crippen molar-refractivity contribution in [2.24, 2.45) is 0 Å². The van der Waals surface area contributed by atoms with Gasteiger partial charge in [0, 0.05) is 31.9 Å². The van der Waals surface area contributed by atoms with Gasteiger partial charge in [0.2, 0.25) is 5.91 Å². The van der Waals surface area contributed by atoms with Gasteiger partial charge in [-0.05, 0) is 11.1 Å². The average Bonchev–Trinajstić information content (AvgIpc) is 2.96. The first-order chi connectivity index (χ1) is 9.28.